The fourth-order valence-corrected chi connectivity index (χ4v) is 4.33. The number of rotatable bonds is 6. The average molecular weight is 444 g/mol. The van der Waals surface area contributed by atoms with Gasteiger partial charge < -0.3 is 5.32 Å². The highest BCUT2D eigenvalue weighted by Gasteiger charge is 2.42. The zero-order valence-corrected chi connectivity index (χ0v) is 18.4. The summed E-state index contributed by atoms with van der Waals surface area (Å²) in [7, 11) is -3.47. The lowest BCUT2D eigenvalue weighted by Crippen LogP contribution is -2.51. The Morgan fingerprint density at radius 2 is 1.81 bits per heavy atom. The number of amides is 3. The molecule has 0 radical (unpaired) electrons. The highest BCUT2D eigenvalue weighted by molar-refractivity contribution is 7.92. The van der Waals surface area contributed by atoms with Crippen molar-refractivity contribution in [2.45, 2.75) is 38.5 Å². The molecule has 1 aliphatic heterocycles. The van der Waals surface area contributed by atoms with Gasteiger partial charge in [0.05, 0.1) is 17.4 Å². The molecule has 0 saturated carbocycles. The molecule has 0 unspecified atom stereocenters. The Hall–Kier alpha value is -3.20. The molecule has 3 N–H and O–H groups in total. The zero-order valence-electron chi connectivity index (χ0n) is 17.6. The monoisotopic (exact) mass is 443 g/mol. The van der Waals surface area contributed by atoms with Crippen LogP contribution in [0.25, 0.3) is 0 Å². The van der Waals surface area contributed by atoms with Crippen LogP contribution >= 0.6 is 0 Å². The molecule has 2 aromatic carbocycles. The molecule has 0 bridgehead atoms. The third-order valence-corrected chi connectivity index (χ3v) is 6.15. The minimum absolute atomic E-state index is 0.263. The van der Waals surface area contributed by atoms with Crippen LogP contribution in [-0.2, 0) is 25.0 Å². The summed E-state index contributed by atoms with van der Waals surface area (Å²) < 4.78 is 25.4. The summed E-state index contributed by atoms with van der Waals surface area (Å²) in [6.07, 6.45) is 2.33. The van der Waals surface area contributed by atoms with Gasteiger partial charge in [0.2, 0.25) is 21.8 Å². The van der Waals surface area contributed by atoms with Crippen LogP contribution < -0.4 is 15.4 Å². The summed E-state index contributed by atoms with van der Waals surface area (Å²) in [5.74, 6) is -0.954. The topological polar surface area (TPSA) is 121 Å². The van der Waals surface area contributed by atoms with E-state index in [0.29, 0.717) is 35.3 Å². The number of imide groups is 1. The van der Waals surface area contributed by atoms with E-state index in [1.807, 2.05) is 6.92 Å². The highest BCUT2D eigenvalue weighted by Crippen LogP contribution is 2.36. The molecule has 1 fully saturated rings. The van der Waals surface area contributed by atoms with Crippen LogP contribution in [0.4, 0.5) is 11.4 Å². The summed E-state index contributed by atoms with van der Waals surface area (Å²) in [4.78, 5) is 36.7. The fraction of sp³-hybridized carbons (Fsp3) is 0.318. The van der Waals surface area contributed by atoms with Crippen LogP contribution in [0.1, 0.15) is 47.7 Å². The highest BCUT2D eigenvalue weighted by atomic mass is 32.2. The molecule has 9 heteroatoms. The van der Waals surface area contributed by atoms with Crippen LogP contribution in [0.3, 0.4) is 0 Å². The van der Waals surface area contributed by atoms with E-state index < -0.39 is 21.3 Å². The average Bonchev–Trinajstić information content (AvgIpc) is 2.70. The summed E-state index contributed by atoms with van der Waals surface area (Å²) >= 11 is 0. The van der Waals surface area contributed by atoms with E-state index in [1.54, 1.807) is 43.3 Å². The predicted octanol–water partition coefficient (Wildman–Crippen LogP) is 2.70. The Balaban J connectivity index is 1.78. The Bertz CT molecular complexity index is 1140. The molecule has 1 atom stereocenters. The lowest BCUT2D eigenvalue weighted by atomic mass is 9.72. The van der Waals surface area contributed by atoms with E-state index in [0.717, 1.165) is 11.8 Å². The van der Waals surface area contributed by atoms with Gasteiger partial charge in [-0.2, -0.15) is 0 Å². The standard InChI is InChI=1S/C22H25N3O5S/c1-4-22(12-11-19(26)24-21(22)28)16-7-9-17(10-8-16)23-20(27)15-6-5-14(2)18(13-15)25-31(3,29)30/h5-10,13,25H,4,11-12H2,1-3H3,(H,23,27)(H,24,26,28)/t22-/m0/s1. The van der Waals surface area contributed by atoms with E-state index in [4.69, 9.17) is 0 Å². The summed E-state index contributed by atoms with van der Waals surface area (Å²) in [6.45, 7) is 3.65. The van der Waals surface area contributed by atoms with Crippen molar-refractivity contribution in [1.29, 1.82) is 0 Å². The molecule has 1 heterocycles. The van der Waals surface area contributed by atoms with Crippen molar-refractivity contribution in [2.24, 2.45) is 0 Å². The van der Waals surface area contributed by atoms with Gasteiger partial charge in [-0.3, -0.25) is 24.4 Å². The van der Waals surface area contributed by atoms with E-state index in [2.05, 4.69) is 15.4 Å². The molecular weight excluding hydrogens is 418 g/mol. The molecule has 1 saturated heterocycles. The van der Waals surface area contributed by atoms with Crippen LogP contribution in [-0.4, -0.2) is 32.4 Å². The molecule has 0 aliphatic carbocycles. The van der Waals surface area contributed by atoms with Crippen molar-refractivity contribution in [3.8, 4) is 0 Å². The minimum Gasteiger partial charge on any atom is -0.322 e. The maximum absolute atomic E-state index is 12.6. The van der Waals surface area contributed by atoms with E-state index in [1.165, 1.54) is 6.07 Å². The second kappa shape index (κ2) is 8.50. The van der Waals surface area contributed by atoms with E-state index in [-0.39, 0.29) is 18.2 Å². The minimum atomic E-state index is -3.47. The molecule has 3 rings (SSSR count). The second-order valence-electron chi connectivity index (χ2n) is 7.75. The molecule has 0 spiro atoms. The summed E-state index contributed by atoms with van der Waals surface area (Å²) in [5, 5.41) is 5.19. The Morgan fingerprint density at radius 3 is 2.39 bits per heavy atom. The van der Waals surface area contributed by atoms with Gasteiger partial charge in [0.1, 0.15) is 0 Å². The maximum atomic E-state index is 12.6. The number of aryl methyl sites for hydroxylation is 1. The number of piperidine rings is 1. The number of carbonyl (C=O) groups excluding carboxylic acids is 3. The first-order valence-electron chi connectivity index (χ1n) is 9.89. The zero-order chi connectivity index (χ0) is 22.8. The lowest BCUT2D eigenvalue weighted by Gasteiger charge is -2.35. The Labute approximate surface area is 181 Å². The number of sulfonamides is 1. The van der Waals surface area contributed by atoms with Crippen molar-refractivity contribution in [3.05, 3.63) is 59.2 Å². The SMILES string of the molecule is CC[C@@]1(c2ccc(NC(=O)c3ccc(C)c(NS(C)(=O)=O)c3)cc2)CCC(=O)NC1=O. The summed E-state index contributed by atoms with van der Waals surface area (Å²) in [6, 6.07) is 11.7. The molecule has 8 nitrogen and oxygen atoms in total. The van der Waals surface area contributed by atoms with Crippen molar-refractivity contribution in [2.75, 3.05) is 16.3 Å². The summed E-state index contributed by atoms with van der Waals surface area (Å²) in [5.41, 5.74) is 1.89. The van der Waals surface area contributed by atoms with Crippen molar-refractivity contribution >= 4 is 39.1 Å². The number of hydrogen-bond donors (Lipinski definition) is 3. The number of nitrogens with one attached hydrogen (secondary N) is 3. The first kappa shape index (κ1) is 22.5. The van der Waals surface area contributed by atoms with Gasteiger partial charge in [-0.05, 0) is 55.2 Å². The van der Waals surface area contributed by atoms with Gasteiger partial charge >= 0.3 is 0 Å². The molecule has 2 aromatic rings. The lowest BCUT2D eigenvalue weighted by molar-refractivity contribution is -0.138. The second-order valence-corrected chi connectivity index (χ2v) is 9.50. The fourth-order valence-electron chi connectivity index (χ4n) is 3.71. The Kier molecular flexibility index (Phi) is 6.17. The molecule has 3 amide bonds. The van der Waals surface area contributed by atoms with Crippen molar-refractivity contribution in [1.82, 2.24) is 5.32 Å². The quantitative estimate of drug-likeness (QED) is 0.593. The number of benzene rings is 2. The molecular formula is C22H25N3O5S. The first-order chi connectivity index (χ1) is 14.5. The van der Waals surface area contributed by atoms with Gasteiger partial charge in [0.25, 0.3) is 5.91 Å². The van der Waals surface area contributed by atoms with E-state index >= 15 is 0 Å². The van der Waals surface area contributed by atoms with Crippen molar-refractivity contribution < 1.29 is 22.8 Å². The first-order valence-corrected chi connectivity index (χ1v) is 11.8. The third kappa shape index (κ3) is 4.93. The molecule has 31 heavy (non-hydrogen) atoms. The smallest absolute Gasteiger partial charge is 0.255 e. The van der Waals surface area contributed by atoms with Gasteiger partial charge in [-0.25, -0.2) is 8.42 Å². The maximum Gasteiger partial charge on any atom is 0.255 e. The molecule has 1 aliphatic rings. The Morgan fingerprint density at radius 1 is 1.13 bits per heavy atom. The normalized spacial score (nSPS) is 18.9. The van der Waals surface area contributed by atoms with Crippen molar-refractivity contribution in [3.63, 3.8) is 0 Å². The number of anilines is 2. The molecule has 0 aromatic heterocycles. The third-order valence-electron chi connectivity index (χ3n) is 5.56. The van der Waals surface area contributed by atoms with Gasteiger partial charge in [0, 0.05) is 17.7 Å². The van der Waals surface area contributed by atoms with E-state index in [9.17, 15) is 22.8 Å². The number of hydrogen-bond acceptors (Lipinski definition) is 5. The van der Waals surface area contributed by atoms with Crippen LogP contribution in [0.5, 0.6) is 0 Å². The van der Waals surface area contributed by atoms with Crippen LogP contribution in [0.2, 0.25) is 0 Å². The number of carbonyl (C=O) groups is 3. The predicted molar refractivity (Wildman–Crippen MR) is 118 cm³/mol. The largest absolute Gasteiger partial charge is 0.322 e. The van der Waals surface area contributed by atoms with Crippen LogP contribution in [0.15, 0.2) is 42.5 Å². The molecule has 164 valence electrons. The van der Waals surface area contributed by atoms with Crippen LogP contribution in [0, 0.1) is 6.92 Å². The van der Waals surface area contributed by atoms with Gasteiger partial charge in [-0.1, -0.05) is 25.1 Å². The van der Waals surface area contributed by atoms with Gasteiger partial charge in [-0.15, -0.1) is 0 Å². The van der Waals surface area contributed by atoms with Gasteiger partial charge in [0.15, 0.2) is 0 Å².